The maximum Gasteiger partial charge on any atom is 1.00 e. The molecule has 0 amide bonds. The number of hydrogen-bond donors (Lipinski definition) is 1. The summed E-state index contributed by atoms with van der Waals surface area (Å²) in [7, 11) is 0. The van der Waals surface area contributed by atoms with E-state index in [0.29, 0.717) is 5.65 Å². The second-order valence-electron chi connectivity index (χ2n) is 1.96. The van der Waals surface area contributed by atoms with Crippen LogP contribution >= 0.6 is 0 Å². The van der Waals surface area contributed by atoms with E-state index in [4.69, 9.17) is 0 Å². The van der Waals surface area contributed by atoms with Gasteiger partial charge in [0.05, 0.1) is 0 Å². The third-order valence-corrected chi connectivity index (χ3v) is 1.32. The zero-order valence-electron chi connectivity index (χ0n) is 6.11. The Hall–Kier alpha value is -0.580. The number of pyridine rings is 1. The molecule has 0 atom stereocenters. The molecule has 0 fully saturated rings. The number of H-pyrrole nitrogens is 1. The zero-order chi connectivity index (χ0) is 6.97. The Bertz CT molecular complexity index is 405. The van der Waals surface area contributed by atoms with Gasteiger partial charge < -0.3 is 0 Å². The van der Waals surface area contributed by atoms with Crippen molar-refractivity contribution in [2.75, 3.05) is 0 Å². The fourth-order valence-corrected chi connectivity index (χ4v) is 0.856. The van der Waals surface area contributed by atoms with Crippen LogP contribution in [0.1, 0.15) is 0 Å². The van der Waals surface area contributed by atoms with Gasteiger partial charge in [0, 0.05) is 6.20 Å². The summed E-state index contributed by atoms with van der Waals surface area (Å²) in [6.07, 6.45) is 1.67. The maximum atomic E-state index is 10.8. The Labute approximate surface area is 84.5 Å². The van der Waals surface area contributed by atoms with Gasteiger partial charge in [-0.2, -0.15) is 5.10 Å². The number of nitrogens with zero attached hydrogens (tertiary/aromatic N) is 2. The summed E-state index contributed by atoms with van der Waals surface area (Å²) in [5, 5.41) is 6.08. The number of hydrogen-bond acceptors (Lipinski definition) is 2. The molecule has 1 N–H and O–H groups in total. The van der Waals surface area contributed by atoms with E-state index in [1.54, 1.807) is 18.3 Å². The van der Waals surface area contributed by atoms with Gasteiger partial charge in [-0.25, -0.2) is 9.89 Å². The van der Waals surface area contributed by atoms with Crippen molar-refractivity contribution in [3.05, 3.63) is 34.9 Å². The summed E-state index contributed by atoms with van der Waals surface area (Å²) >= 11 is 0. The fraction of sp³-hybridized carbons (Fsp3) is 0. The number of aromatic amines is 1. The minimum absolute atomic E-state index is 0. The van der Waals surface area contributed by atoms with E-state index in [0.717, 1.165) is 0 Å². The molecule has 0 aliphatic rings. The third-order valence-electron chi connectivity index (χ3n) is 1.32. The van der Waals surface area contributed by atoms with E-state index in [1.165, 1.54) is 4.40 Å². The largest absolute Gasteiger partial charge is 1.00 e. The second kappa shape index (κ2) is 3.21. The van der Waals surface area contributed by atoms with Crippen LogP contribution in [0, 0.1) is 0 Å². The molecule has 0 radical (unpaired) electrons. The number of rotatable bonds is 0. The van der Waals surface area contributed by atoms with Gasteiger partial charge in [0.25, 0.3) is 0 Å². The number of aromatic nitrogens is 3. The fourth-order valence-electron chi connectivity index (χ4n) is 0.856. The number of nitrogens with one attached hydrogen (secondary N) is 1. The first-order valence-corrected chi connectivity index (χ1v) is 2.90. The predicted octanol–water partition coefficient (Wildman–Crippen LogP) is -2.97. The van der Waals surface area contributed by atoms with Gasteiger partial charge in [-0.3, -0.25) is 4.40 Å². The van der Waals surface area contributed by atoms with E-state index in [9.17, 15) is 4.79 Å². The third kappa shape index (κ3) is 1.38. The van der Waals surface area contributed by atoms with Crippen molar-refractivity contribution in [1.82, 2.24) is 14.6 Å². The second-order valence-corrected chi connectivity index (χ2v) is 1.96. The summed E-state index contributed by atoms with van der Waals surface area (Å²) < 4.78 is 1.44. The molecule has 2 rings (SSSR count). The SMILES string of the molecule is O=c1[nH]nc2ccccn12.[Na+]. The molecular weight excluding hydrogens is 153 g/mol. The molecule has 11 heavy (non-hydrogen) atoms. The summed E-state index contributed by atoms with van der Waals surface area (Å²) in [6, 6.07) is 5.37. The van der Waals surface area contributed by atoms with Gasteiger partial charge in [-0.15, -0.1) is 0 Å². The molecule has 2 heterocycles. The topological polar surface area (TPSA) is 50.2 Å². The van der Waals surface area contributed by atoms with Crippen molar-refractivity contribution in [2.24, 2.45) is 0 Å². The van der Waals surface area contributed by atoms with Crippen LogP contribution < -0.4 is 35.2 Å². The minimum Gasteiger partial charge on any atom is -0.250 e. The van der Waals surface area contributed by atoms with Crippen molar-refractivity contribution in [3.63, 3.8) is 0 Å². The molecule has 2 aromatic rings. The Kier molecular flexibility index (Phi) is 2.49. The summed E-state index contributed by atoms with van der Waals surface area (Å²) in [6.45, 7) is 0. The first-order valence-electron chi connectivity index (χ1n) is 2.90. The van der Waals surface area contributed by atoms with Gasteiger partial charge in [0.2, 0.25) is 0 Å². The van der Waals surface area contributed by atoms with E-state index >= 15 is 0 Å². The molecule has 0 saturated carbocycles. The maximum absolute atomic E-state index is 10.8. The van der Waals surface area contributed by atoms with Crippen LogP contribution in [0.4, 0.5) is 0 Å². The van der Waals surface area contributed by atoms with Gasteiger partial charge in [0.1, 0.15) is 0 Å². The molecule has 0 saturated heterocycles. The van der Waals surface area contributed by atoms with Gasteiger partial charge in [-0.1, -0.05) is 6.07 Å². The molecule has 0 aliphatic heterocycles. The normalized spacial score (nSPS) is 9.45. The quantitative estimate of drug-likeness (QED) is 0.416. The molecule has 2 aromatic heterocycles. The Morgan fingerprint density at radius 3 is 3.00 bits per heavy atom. The standard InChI is InChI=1S/C6H5N3O.Na/c10-6-8-7-5-3-1-2-4-9(5)6;/h1-4H,(H,8,10);/q;+1. The van der Waals surface area contributed by atoms with Crippen LogP contribution in [0.15, 0.2) is 29.2 Å². The molecule has 5 heteroatoms. The molecule has 50 valence electrons. The first-order chi connectivity index (χ1) is 4.88. The summed E-state index contributed by atoms with van der Waals surface area (Å²) in [5.41, 5.74) is 0.447. The molecule has 0 unspecified atom stereocenters. The average molecular weight is 158 g/mol. The zero-order valence-corrected chi connectivity index (χ0v) is 8.11. The molecule has 4 nitrogen and oxygen atoms in total. The first kappa shape index (κ1) is 8.52. The van der Waals surface area contributed by atoms with Crippen molar-refractivity contribution >= 4 is 5.65 Å². The monoisotopic (exact) mass is 158 g/mol. The van der Waals surface area contributed by atoms with Crippen LogP contribution in [-0.2, 0) is 0 Å². The Morgan fingerprint density at radius 1 is 1.45 bits per heavy atom. The van der Waals surface area contributed by atoms with Crippen molar-refractivity contribution in [1.29, 1.82) is 0 Å². The van der Waals surface area contributed by atoms with Crippen molar-refractivity contribution in [2.45, 2.75) is 0 Å². The van der Waals surface area contributed by atoms with E-state index < -0.39 is 0 Å². The van der Waals surface area contributed by atoms with Crippen LogP contribution in [0.3, 0.4) is 0 Å². The Balaban J connectivity index is 0.000000605. The van der Waals surface area contributed by atoms with Gasteiger partial charge in [0.15, 0.2) is 5.65 Å². The van der Waals surface area contributed by atoms with Crippen LogP contribution in [0.2, 0.25) is 0 Å². The van der Waals surface area contributed by atoms with Gasteiger partial charge >= 0.3 is 35.2 Å². The van der Waals surface area contributed by atoms with E-state index in [-0.39, 0.29) is 35.2 Å². The van der Waals surface area contributed by atoms with Crippen LogP contribution in [-0.4, -0.2) is 14.6 Å². The van der Waals surface area contributed by atoms with E-state index in [2.05, 4.69) is 10.2 Å². The number of fused-ring (bicyclic) bond motifs is 1. The molecule has 0 spiro atoms. The summed E-state index contributed by atoms with van der Waals surface area (Å²) in [4.78, 5) is 10.8. The summed E-state index contributed by atoms with van der Waals surface area (Å²) in [5.74, 6) is 0. The molecule has 0 aliphatic carbocycles. The predicted molar refractivity (Wildman–Crippen MR) is 35.8 cm³/mol. The Morgan fingerprint density at radius 2 is 2.27 bits per heavy atom. The van der Waals surface area contributed by atoms with Crippen molar-refractivity contribution in [3.8, 4) is 0 Å². The molecule has 0 aromatic carbocycles. The molecule has 0 bridgehead atoms. The van der Waals surface area contributed by atoms with Gasteiger partial charge in [-0.05, 0) is 12.1 Å². The molecular formula is C6H5N3NaO+. The minimum atomic E-state index is -0.199. The van der Waals surface area contributed by atoms with E-state index in [1.807, 2.05) is 6.07 Å². The van der Waals surface area contributed by atoms with Crippen LogP contribution in [0.5, 0.6) is 0 Å². The van der Waals surface area contributed by atoms with Crippen LogP contribution in [0.25, 0.3) is 5.65 Å². The smallest absolute Gasteiger partial charge is 0.250 e. The van der Waals surface area contributed by atoms with Crippen molar-refractivity contribution < 1.29 is 29.6 Å². The average Bonchev–Trinajstić information content (AvgIpc) is 2.34.